The molecule has 0 aliphatic carbocycles. The van der Waals surface area contributed by atoms with E-state index in [1.807, 2.05) is 19.3 Å². The molecule has 1 heterocycles. The molecule has 1 unspecified atom stereocenters. The van der Waals surface area contributed by atoms with Crippen LogP contribution in [0.2, 0.25) is 0 Å². The van der Waals surface area contributed by atoms with E-state index in [1.165, 1.54) is 19.3 Å². The maximum absolute atomic E-state index is 4.32. The molecule has 0 radical (unpaired) electrons. The number of nitrogens with one attached hydrogen (secondary N) is 1. The van der Waals surface area contributed by atoms with Crippen molar-refractivity contribution in [3.05, 3.63) is 36.9 Å². The summed E-state index contributed by atoms with van der Waals surface area (Å²) in [6, 6.07) is 0.331. The first-order valence-electron chi connectivity index (χ1n) is 5.92. The first-order valence-corrected chi connectivity index (χ1v) is 5.92. The zero-order valence-corrected chi connectivity index (χ0v) is 10.0. The minimum Gasteiger partial charge on any atom is -0.312 e. The average molecular weight is 219 g/mol. The van der Waals surface area contributed by atoms with E-state index in [0.29, 0.717) is 6.04 Å². The summed E-state index contributed by atoms with van der Waals surface area (Å²) >= 11 is 0. The normalized spacial score (nSPS) is 12.3. The Kier molecular flexibility index (Phi) is 6.42. The van der Waals surface area contributed by atoms with Crippen molar-refractivity contribution in [1.29, 1.82) is 0 Å². The van der Waals surface area contributed by atoms with E-state index in [2.05, 4.69) is 21.9 Å². The molecule has 0 fully saturated rings. The van der Waals surface area contributed by atoms with Gasteiger partial charge in [0.15, 0.2) is 0 Å². The Morgan fingerprint density at radius 1 is 1.38 bits per heavy atom. The molecule has 0 spiro atoms. The number of aromatic nitrogens is 2. The second kappa shape index (κ2) is 7.99. The summed E-state index contributed by atoms with van der Waals surface area (Å²) in [5.41, 5.74) is 1.04. The van der Waals surface area contributed by atoms with E-state index < -0.39 is 0 Å². The molecule has 1 N–H and O–H groups in total. The predicted molar refractivity (Wildman–Crippen MR) is 67.1 cm³/mol. The van der Waals surface area contributed by atoms with Crippen LogP contribution in [-0.2, 0) is 0 Å². The molecule has 0 amide bonds. The van der Waals surface area contributed by atoms with Crippen molar-refractivity contribution in [3.8, 4) is 0 Å². The highest BCUT2D eigenvalue weighted by molar-refractivity contribution is 5.01. The summed E-state index contributed by atoms with van der Waals surface area (Å²) in [5, 5.41) is 3.29. The van der Waals surface area contributed by atoms with Crippen molar-refractivity contribution in [2.75, 3.05) is 7.05 Å². The summed E-state index contributed by atoms with van der Waals surface area (Å²) in [4.78, 5) is 8.42. The zero-order valence-electron chi connectivity index (χ0n) is 10.0. The molecular formula is C13H21N3. The van der Waals surface area contributed by atoms with Crippen LogP contribution in [0, 0.1) is 0 Å². The minimum absolute atomic E-state index is 0.331. The van der Waals surface area contributed by atoms with Crippen LogP contribution in [0.15, 0.2) is 31.2 Å². The molecule has 0 bridgehead atoms. The Morgan fingerprint density at radius 2 is 2.25 bits per heavy atom. The summed E-state index contributed by atoms with van der Waals surface area (Å²) in [7, 11) is 1.98. The zero-order chi connectivity index (χ0) is 11.6. The molecule has 1 aromatic heterocycles. The van der Waals surface area contributed by atoms with Crippen molar-refractivity contribution in [1.82, 2.24) is 15.3 Å². The monoisotopic (exact) mass is 219 g/mol. The van der Waals surface area contributed by atoms with Crippen molar-refractivity contribution in [3.63, 3.8) is 0 Å². The first-order chi connectivity index (χ1) is 7.88. The van der Waals surface area contributed by atoms with Gasteiger partial charge < -0.3 is 5.32 Å². The van der Waals surface area contributed by atoms with Gasteiger partial charge in [-0.25, -0.2) is 0 Å². The van der Waals surface area contributed by atoms with Gasteiger partial charge in [-0.15, -0.1) is 6.58 Å². The number of allylic oxidation sites excluding steroid dienone is 1. The minimum atomic E-state index is 0.331. The Balaban J connectivity index is 2.30. The number of rotatable bonds is 8. The number of unbranched alkanes of at least 4 members (excludes halogenated alkanes) is 3. The second-order valence-electron chi connectivity index (χ2n) is 3.90. The Bertz CT molecular complexity index is 284. The van der Waals surface area contributed by atoms with Gasteiger partial charge in [-0.3, -0.25) is 9.97 Å². The molecule has 0 aromatic carbocycles. The molecule has 1 aromatic rings. The van der Waals surface area contributed by atoms with E-state index in [4.69, 9.17) is 0 Å². The summed E-state index contributed by atoms with van der Waals surface area (Å²) < 4.78 is 0. The molecular weight excluding hydrogens is 198 g/mol. The molecule has 3 nitrogen and oxygen atoms in total. The van der Waals surface area contributed by atoms with Crippen LogP contribution in [-0.4, -0.2) is 17.0 Å². The highest BCUT2D eigenvalue weighted by Crippen LogP contribution is 2.16. The molecule has 3 heteroatoms. The van der Waals surface area contributed by atoms with Gasteiger partial charge in [0.1, 0.15) is 0 Å². The lowest BCUT2D eigenvalue weighted by Gasteiger charge is -2.14. The third-order valence-corrected chi connectivity index (χ3v) is 2.69. The maximum atomic E-state index is 4.32. The van der Waals surface area contributed by atoms with Gasteiger partial charge >= 0.3 is 0 Å². The Labute approximate surface area is 98.0 Å². The molecule has 16 heavy (non-hydrogen) atoms. The van der Waals surface area contributed by atoms with E-state index in [-0.39, 0.29) is 0 Å². The molecule has 0 aliphatic heterocycles. The topological polar surface area (TPSA) is 37.8 Å². The lowest BCUT2D eigenvalue weighted by molar-refractivity contribution is 0.496. The van der Waals surface area contributed by atoms with E-state index in [1.54, 1.807) is 12.4 Å². The van der Waals surface area contributed by atoms with Crippen LogP contribution in [0.5, 0.6) is 0 Å². The Hall–Kier alpha value is -1.22. The van der Waals surface area contributed by atoms with Gasteiger partial charge in [0.2, 0.25) is 0 Å². The fraction of sp³-hybridized carbons (Fsp3) is 0.538. The number of hydrogen-bond donors (Lipinski definition) is 1. The van der Waals surface area contributed by atoms with Crippen LogP contribution in [0.3, 0.4) is 0 Å². The Morgan fingerprint density at radius 3 is 2.88 bits per heavy atom. The third-order valence-electron chi connectivity index (χ3n) is 2.69. The largest absolute Gasteiger partial charge is 0.312 e. The van der Waals surface area contributed by atoms with Crippen molar-refractivity contribution >= 4 is 0 Å². The second-order valence-corrected chi connectivity index (χ2v) is 3.90. The van der Waals surface area contributed by atoms with E-state index >= 15 is 0 Å². The van der Waals surface area contributed by atoms with Crippen molar-refractivity contribution < 1.29 is 0 Å². The van der Waals surface area contributed by atoms with Crippen LogP contribution in [0.1, 0.15) is 43.8 Å². The highest BCUT2D eigenvalue weighted by Gasteiger charge is 2.09. The van der Waals surface area contributed by atoms with Gasteiger partial charge in [0, 0.05) is 18.6 Å². The molecule has 88 valence electrons. The van der Waals surface area contributed by atoms with Gasteiger partial charge in [-0.1, -0.05) is 18.9 Å². The fourth-order valence-corrected chi connectivity index (χ4v) is 1.74. The average Bonchev–Trinajstić information content (AvgIpc) is 2.35. The maximum Gasteiger partial charge on any atom is 0.0755 e. The van der Waals surface area contributed by atoms with Crippen LogP contribution in [0.4, 0.5) is 0 Å². The third kappa shape index (κ3) is 4.53. The van der Waals surface area contributed by atoms with Crippen LogP contribution >= 0.6 is 0 Å². The number of nitrogens with zero attached hydrogens (tertiary/aromatic N) is 2. The van der Waals surface area contributed by atoms with Crippen molar-refractivity contribution in [2.24, 2.45) is 0 Å². The van der Waals surface area contributed by atoms with Crippen molar-refractivity contribution in [2.45, 2.75) is 38.1 Å². The quantitative estimate of drug-likeness (QED) is 0.539. The molecule has 1 rings (SSSR count). The van der Waals surface area contributed by atoms with Crippen LogP contribution in [0.25, 0.3) is 0 Å². The molecule has 0 aliphatic rings. The van der Waals surface area contributed by atoms with Gasteiger partial charge in [0.05, 0.1) is 11.7 Å². The molecule has 1 atom stereocenters. The van der Waals surface area contributed by atoms with Gasteiger partial charge in [-0.2, -0.15) is 0 Å². The van der Waals surface area contributed by atoms with Crippen LogP contribution < -0.4 is 5.32 Å². The predicted octanol–water partition coefficient (Wildman–Crippen LogP) is 2.87. The van der Waals surface area contributed by atoms with E-state index in [0.717, 1.165) is 18.5 Å². The highest BCUT2D eigenvalue weighted by atomic mass is 14.9. The summed E-state index contributed by atoms with van der Waals surface area (Å²) in [6.45, 7) is 3.73. The van der Waals surface area contributed by atoms with E-state index in [9.17, 15) is 0 Å². The smallest absolute Gasteiger partial charge is 0.0755 e. The summed E-state index contributed by atoms with van der Waals surface area (Å²) in [6.07, 6.45) is 13.2. The standard InChI is InChI=1S/C13H21N3/c1-3-4-5-6-7-8-12(14-2)13-11-15-9-10-16-13/h3,9-12,14H,1,4-8H2,2H3. The summed E-state index contributed by atoms with van der Waals surface area (Å²) in [5.74, 6) is 0. The molecule has 0 saturated carbocycles. The first kappa shape index (κ1) is 12.8. The lowest BCUT2D eigenvalue weighted by atomic mass is 10.0. The van der Waals surface area contributed by atoms with Gasteiger partial charge in [0.25, 0.3) is 0 Å². The fourth-order valence-electron chi connectivity index (χ4n) is 1.74. The lowest BCUT2D eigenvalue weighted by Crippen LogP contribution is -2.17. The van der Waals surface area contributed by atoms with Gasteiger partial charge in [-0.05, 0) is 26.3 Å². The number of hydrogen-bond acceptors (Lipinski definition) is 3. The SMILES string of the molecule is C=CCCCCCC(NC)c1cnccn1. The molecule has 0 saturated heterocycles.